The summed E-state index contributed by atoms with van der Waals surface area (Å²) in [6.45, 7) is 11.2. The largest absolute Gasteiger partial charge is 0.465 e. The smallest absolute Gasteiger partial charge is 0.340 e. The van der Waals surface area contributed by atoms with Crippen molar-refractivity contribution in [3.63, 3.8) is 0 Å². The highest BCUT2D eigenvalue weighted by Crippen LogP contribution is 2.35. The molecule has 0 aliphatic carbocycles. The molecule has 31 heavy (non-hydrogen) atoms. The van der Waals surface area contributed by atoms with Gasteiger partial charge in [-0.2, -0.15) is 0 Å². The van der Waals surface area contributed by atoms with Crippen molar-refractivity contribution in [2.24, 2.45) is 0 Å². The Labute approximate surface area is 183 Å². The van der Waals surface area contributed by atoms with Crippen molar-refractivity contribution in [3.05, 3.63) is 51.7 Å². The van der Waals surface area contributed by atoms with Gasteiger partial charge in [0.2, 0.25) is 0 Å². The average molecular weight is 429 g/mol. The molecule has 0 radical (unpaired) electrons. The first-order valence-electron chi connectivity index (χ1n) is 10.6. The minimum Gasteiger partial charge on any atom is -0.465 e. The molecule has 0 fully saturated rings. The monoisotopic (exact) mass is 428 g/mol. The Morgan fingerprint density at radius 3 is 2.55 bits per heavy atom. The summed E-state index contributed by atoms with van der Waals surface area (Å²) < 4.78 is 4.92. The Kier molecular flexibility index (Phi) is 8.93. The molecule has 1 unspecified atom stereocenters. The number of carbonyl (C=O) groups excluding carboxylic acids is 1. The number of benzene rings is 1. The van der Waals surface area contributed by atoms with Crippen LogP contribution < -0.4 is 5.32 Å². The summed E-state index contributed by atoms with van der Waals surface area (Å²) in [5, 5.41) is 15.0. The van der Waals surface area contributed by atoms with Gasteiger partial charge in [-0.15, -0.1) is 0 Å². The summed E-state index contributed by atoms with van der Waals surface area (Å²) >= 11 is 0. The number of carbonyl (C=O) groups is 1. The Morgan fingerprint density at radius 2 is 1.94 bits per heavy atom. The predicted molar refractivity (Wildman–Crippen MR) is 123 cm³/mol. The summed E-state index contributed by atoms with van der Waals surface area (Å²) in [4.78, 5) is 30.5. The summed E-state index contributed by atoms with van der Waals surface area (Å²) in [6, 6.07) is 8.23. The second-order valence-electron chi connectivity index (χ2n) is 7.50. The minimum absolute atomic E-state index is 0.0727. The lowest BCUT2D eigenvalue weighted by molar-refractivity contribution is -0.384. The van der Waals surface area contributed by atoms with Gasteiger partial charge in [0.25, 0.3) is 5.69 Å². The van der Waals surface area contributed by atoms with Gasteiger partial charge >= 0.3 is 5.97 Å². The highest BCUT2D eigenvalue weighted by atomic mass is 16.6. The number of aromatic nitrogens is 1. The molecule has 1 aromatic heterocycles. The molecule has 1 aromatic carbocycles. The first kappa shape index (κ1) is 24.3. The maximum Gasteiger partial charge on any atom is 0.340 e. The average Bonchev–Trinajstić information content (AvgIpc) is 2.75. The molecule has 0 bridgehead atoms. The van der Waals surface area contributed by atoms with E-state index in [0.717, 1.165) is 32.5 Å². The lowest BCUT2D eigenvalue weighted by Gasteiger charge is -2.21. The van der Waals surface area contributed by atoms with E-state index >= 15 is 0 Å². The first-order valence-corrected chi connectivity index (χ1v) is 10.6. The van der Waals surface area contributed by atoms with Gasteiger partial charge in [-0.1, -0.05) is 26.0 Å². The lowest BCUT2D eigenvalue weighted by Crippen LogP contribution is -2.25. The van der Waals surface area contributed by atoms with Crippen LogP contribution in [-0.2, 0) is 4.74 Å². The summed E-state index contributed by atoms with van der Waals surface area (Å²) in [6.07, 6.45) is 2.00. The summed E-state index contributed by atoms with van der Waals surface area (Å²) in [7, 11) is 1.29. The Hall–Kier alpha value is -3.00. The zero-order valence-corrected chi connectivity index (χ0v) is 19.0. The molecule has 1 heterocycles. The normalized spacial score (nSPS) is 11.9. The second kappa shape index (κ2) is 11.4. The molecular formula is C23H32N4O4. The summed E-state index contributed by atoms with van der Waals surface area (Å²) in [5.74, 6) is 0.00520. The number of aryl methyl sites for hydroxylation is 1. The van der Waals surface area contributed by atoms with Gasteiger partial charge in [0.15, 0.2) is 0 Å². The maximum atomic E-state index is 12.4. The molecule has 2 aromatic rings. The molecule has 8 heteroatoms. The third kappa shape index (κ3) is 6.24. The van der Waals surface area contributed by atoms with Gasteiger partial charge in [0.1, 0.15) is 5.82 Å². The number of nitrogens with one attached hydrogen (secondary N) is 1. The number of esters is 1. The van der Waals surface area contributed by atoms with Crippen LogP contribution in [0.15, 0.2) is 30.3 Å². The lowest BCUT2D eigenvalue weighted by atomic mass is 9.97. The number of anilines is 1. The van der Waals surface area contributed by atoms with Crippen LogP contribution >= 0.6 is 0 Å². The first-order chi connectivity index (χ1) is 14.8. The number of ether oxygens (including phenoxy) is 1. The van der Waals surface area contributed by atoms with Crippen molar-refractivity contribution < 1.29 is 14.5 Å². The highest BCUT2D eigenvalue weighted by Gasteiger charge is 2.24. The van der Waals surface area contributed by atoms with Crippen LogP contribution in [0.25, 0.3) is 11.1 Å². The number of para-hydroxylation sites is 1. The summed E-state index contributed by atoms with van der Waals surface area (Å²) in [5.41, 5.74) is 1.41. The zero-order chi connectivity index (χ0) is 23.0. The molecule has 0 amide bonds. The number of nitro groups is 1. The van der Waals surface area contributed by atoms with E-state index in [-0.39, 0.29) is 17.3 Å². The fourth-order valence-corrected chi connectivity index (χ4v) is 3.66. The van der Waals surface area contributed by atoms with Crippen molar-refractivity contribution in [1.29, 1.82) is 0 Å². The van der Waals surface area contributed by atoms with Gasteiger partial charge in [-0.3, -0.25) is 10.1 Å². The third-order valence-corrected chi connectivity index (χ3v) is 5.38. The van der Waals surface area contributed by atoms with E-state index in [9.17, 15) is 14.9 Å². The van der Waals surface area contributed by atoms with E-state index < -0.39 is 10.9 Å². The van der Waals surface area contributed by atoms with E-state index in [4.69, 9.17) is 4.74 Å². The van der Waals surface area contributed by atoms with Crippen LogP contribution in [0.2, 0.25) is 0 Å². The van der Waals surface area contributed by atoms with Crippen LogP contribution in [0.4, 0.5) is 11.5 Å². The zero-order valence-electron chi connectivity index (χ0n) is 19.0. The molecule has 168 valence electrons. The number of hydrogen-bond acceptors (Lipinski definition) is 7. The molecule has 0 spiro atoms. The van der Waals surface area contributed by atoms with Crippen molar-refractivity contribution in [2.75, 3.05) is 32.1 Å². The molecule has 0 saturated heterocycles. The van der Waals surface area contributed by atoms with E-state index in [0.29, 0.717) is 22.6 Å². The Morgan fingerprint density at radius 1 is 1.26 bits per heavy atom. The van der Waals surface area contributed by atoms with E-state index in [1.807, 2.05) is 0 Å². The minimum atomic E-state index is -0.572. The van der Waals surface area contributed by atoms with Crippen LogP contribution in [0.1, 0.15) is 49.7 Å². The molecule has 1 N–H and O–H groups in total. The van der Waals surface area contributed by atoms with Gasteiger partial charge in [-0.05, 0) is 58.5 Å². The quantitative estimate of drug-likeness (QED) is 0.315. The van der Waals surface area contributed by atoms with Crippen molar-refractivity contribution >= 4 is 17.5 Å². The van der Waals surface area contributed by atoms with E-state index in [1.54, 1.807) is 31.2 Å². The van der Waals surface area contributed by atoms with Gasteiger partial charge in [0, 0.05) is 17.7 Å². The maximum absolute atomic E-state index is 12.4. The van der Waals surface area contributed by atoms with Crippen molar-refractivity contribution in [3.8, 4) is 11.1 Å². The molecule has 1 atom stereocenters. The SMILES string of the molecule is CCN(CC)CCCC(C)Nc1cc(-c2ccccc2[N+](=O)[O-])c(C(=O)OC)c(C)n1. The number of hydrogen-bond donors (Lipinski definition) is 1. The van der Waals surface area contributed by atoms with Crippen LogP contribution in [0, 0.1) is 17.0 Å². The fraction of sp³-hybridized carbons (Fsp3) is 0.478. The molecular weight excluding hydrogens is 396 g/mol. The molecule has 8 nitrogen and oxygen atoms in total. The number of nitro benzene ring substituents is 1. The fourth-order valence-electron chi connectivity index (χ4n) is 3.66. The van der Waals surface area contributed by atoms with Crippen molar-refractivity contribution in [1.82, 2.24) is 9.88 Å². The number of pyridine rings is 1. The van der Waals surface area contributed by atoms with Crippen LogP contribution in [-0.4, -0.2) is 53.6 Å². The standard InChI is InChI=1S/C23H32N4O4/c1-6-26(7-2)14-10-11-16(3)24-21-15-19(22(17(4)25-21)23(28)31-5)18-12-8-9-13-20(18)27(29)30/h8-9,12-13,15-16H,6-7,10-11,14H2,1-5H3,(H,24,25). The molecule has 0 aliphatic heterocycles. The molecule has 0 aliphatic rings. The predicted octanol–water partition coefficient (Wildman–Crippen LogP) is 4.67. The van der Waals surface area contributed by atoms with Crippen LogP contribution in [0.5, 0.6) is 0 Å². The highest BCUT2D eigenvalue weighted by molar-refractivity contribution is 6.00. The number of methoxy groups -OCH3 is 1. The molecule has 2 rings (SSSR count). The van der Waals surface area contributed by atoms with Crippen LogP contribution in [0.3, 0.4) is 0 Å². The van der Waals surface area contributed by atoms with E-state index in [1.165, 1.54) is 13.2 Å². The second-order valence-corrected chi connectivity index (χ2v) is 7.50. The third-order valence-electron chi connectivity index (χ3n) is 5.38. The van der Waals surface area contributed by atoms with Gasteiger partial charge in [0.05, 0.1) is 28.9 Å². The molecule has 0 saturated carbocycles. The Bertz CT molecular complexity index is 912. The van der Waals surface area contributed by atoms with Gasteiger partial charge < -0.3 is 15.0 Å². The Balaban J connectivity index is 2.36. The van der Waals surface area contributed by atoms with Crippen molar-refractivity contribution in [2.45, 2.75) is 46.6 Å². The van der Waals surface area contributed by atoms with E-state index in [2.05, 4.69) is 36.0 Å². The number of nitrogens with zero attached hydrogens (tertiary/aromatic N) is 3. The topological polar surface area (TPSA) is 97.6 Å². The number of rotatable bonds is 11. The van der Waals surface area contributed by atoms with Gasteiger partial charge in [-0.25, -0.2) is 9.78 Å².